The second-order valence-corrected chi connectivity index (χ2v) is 9.97. The summed E-state index contributed by atoms with van der Waals surface area (Å²) in [4.78, 5) is 10.4. The Labute approximate surface area is 196 Å². The third-order valence-corrected chi connectivity index (χ3v) is 7.49. The van der Waals surface area contributed by atoms with Gasteiger partial charge in [0, 0.05) is 6.07 Å². The summed E-state index contributed by atoms with van der Waals surface area (Å²) in [5, 5.41) is -0.571. The zero-order chi connectivity index (χ0) is 29.8. The van der Waals surface area contributed by atoms with Crippen LogP contribution in [0.5, 0.6) is 0 Å². The van der Waals surface area contributed by atoms with Crippen molar-refractivity contribution in [2.45, 2.75) is 41.7 Å². The number of thiazole rings is 1. The molecule has 0 fully saturated rings. The maximum absolute atomic E-state index is 12.7. The third kappa shape index (κ3) is 5.35. The van der Waals surface area contributed by atoms with Crippen LogP contribution in [0.1, 0.15) is 5.01 Å². The molecule has 2 rings (SSSR count). The van der Waals surface area contributed by atoms with Gasteiger partial charge in [-0.2, -0.15) is 79.2 Å². The van der Waals surface area contributed by atoms with Gasteiger partial charge in [-0.05, 0) is 6.07 Å². The number of aryl methyl sites for hydroxylation is 1. The van der Waals surface area contributed by atoms with Crippen molar-refractivity contribution in [2.24, 2.45) is 7.05 Å². The monoisotopic (exact) mass is 619 g/mol. The standard InChI is InChI=1S/C9H7F3NS.C6HF14O2P/c1-13-6-4-2-3-5-7(6)14-8(13)9(10,11)12;7-1(8,3(11,12)13)5(17,18)23(21,22)6(19,20)2(9,10)4(14,15)16/h2-5H,1H3;(H,21,22)/q+1;/p-1. The maximum Gasteiger partial charge on any atom is 0.488 e. The normalized spacial score (nSPS) is 15.0. The molecule has 1 aromatic heterocycles. The molecule has 0 aliphatic rings. The van der Waals surface area contributed by atoms with E-state index in [1.165, 1.54) is 11.6 Å². The molecule has 0 aliphatic carbocycles. The fourth-order valence-electron chi connectivity index (χ4n) is 2.24. The minimum atomic E-state index is -9.39. The Morgan fingerprint density at radius 3 is 1.35 bits per heavy atom. The van der Waals surface area contributed by atoms with Crippen LogP contribution in [0.4, 0.5) is 74.6 Å². The molecule has 1 aromatic carbocycles. The molecule has 1 heterocycles. The Morgan fingerprint density at radius 1 is 0.703 bits per heavy atom. The zero-order valence-corrected chi connectivity index (χ0v) is 18.6. The van der Waals surface area contributed by atoms with Gasteiger partial charge in [-0.15, -0.1) is 0 Å². The lowest BCUT2D eigenvalue weighted by Gasteiger charge is -2.43. The van der Waals surface area contributed by atoms with Crippen molar-refractivity contribution in [2.75, 3.05) is 0 Å². The zero-order valence-electron chi connectivity index (χ0n) is 16.9. The number of para-hydroxylation sites is 1. The fraction of sp³-hybridized carbons (Fsp3) is 0.533. The van der Waals surface area contributed by atoms with E-state index in [1.807, 2.05) is 0 Å². The van der Waals surface area contributed by atoms with Crippen molar-refractivity contribution in [3.05, 3.63) is 29.3 Å². The molecule has 0 atom stereocenters. The molecular formula is C15H7F17NO2PS. The van der Waals surface area contributed by atoms with Crippen molar-refractivity contribution in [1.29, 1.82) is 0 Å². The summed E-state index contributed by atoms with van der Waals surface area (Å²) < 4.78 is 219. The second kappa shape index (κ2) is 9.39. The van der Waals surface area contributed by atoms with Crippen LogP contribution in [0.3, 0.4) is 0 Å². The van der Waals surface area contributed by atoms with Crippen molar-refractivity contribution < 1.29 is 88.7 Å². The Balaban J connectivity index is 0.000000411. The average molecular weight is 619 g/mol. The minimum Gasteiger partial charge on any atom is -0.791 e. The van der Waals surface area contributed by atoms with E-state index in [-0.39, 0.29) is 0 Å². The van der Waals surface area contributed by atoms with Gasteiger partial charge in [0.2, 0.25) is 5.52 Å². The highest BCUT2D eigenvalue weighted by atomic mass is 32.1. The van der Waals surface area contributed by atoms with Gasteiger partial charge in [0.1, 0.15) is 11.7 Å². The number of hydrogen-bond acceptors (Lipinski definition) is 3. The summed E-state index contributed by atoms with van der Waals surface area (Å²) >= 11 is 0.769. The molecule has 3 nitrogen and oxygen atoms in total. The number of alkyl halides is 17. The summed E-state index contributed by atoms with van der Waals surface area (Å²) in [5.41, 5.74) is -15.4. The van der Waals surface area contributed by atoms with Crippen LogP contribution >= 0.6 is 18.7 Å². The molecule has 0 spiro atoms. The van der Waals surface area contributed by atoms with Crippen LogP contribution in [0.15, 0.2) is 24.3 Å². The third-order valence-electron chi connectivity index (χ3n) is 4.19. The molecule has 0 unspecified atom stereocenters. The minimum absolute atomic E-state index is 0.571. The van der Waals surface area contributed by atoms with E-state index in [1.54, 1.807) is 24.3 Å². The lowest BCUT2D eigenvalue weighted by Crippen LogP contribution is -2.61. The SMILES string of the molecule is C[n+]1c(C(F)(F)F)sc2ccccc21.O=P([O-])(C(F)(F)C(F)(F)C(F)(F)F)C(F)(F)C(F)(F)C(F)(F)F. The smallest absolute Gasteiger partial charge is 0.488 e. The number of fused-ring (bicyclic) bond motifs is 1. The highest BCUT2D eigenvalue weighted by Gasteiger charge is 2.86. The van der Waals surface area contributed by atoms with E-state index in [0.29, 0.717) is 10.2 Å². The first-order valence-corrected chi connectivity index (χ1v) is 10.8. The van der Waals surface area contributed by atoms with Gasteiger partial charge in [0.15, 0.2) is 7.37 Å². The molecular weight excluding hydrogens is 612 g/mol. The van der Waals surface area contributed by atoms with Gasteiger partial charge < -0.3 is 9.46 Å². The van der Waals surface area contributed by atoms with Crippen molar-refractivity contribution >= 4 is 28.9 Å². The molecule has 0 amide bonds. The fourth-order valence-corrected chi connectivity index (χ4v) is 4.60. The van der Waals surface area contributed by atoms with E-state index < -0.39 is 54.1 Å². The summed E-state index contributed by atoms with van der Waals surface area (Å²) in [6.45, 7) is 0. The average Bonchev–Trinajstić information content (AvgIpc) is 3.03. The molecule has 2 aromatic rings. The Morgan fingerprint density at radius 2 is 1.05 bits per heavy atom. The quantitative estimate of drug-likeness (QED) is 0.211. The number of rotatable bonds is 4. The van der Waals surface area contributed by atoms with Gasteiger partial charge in [-0.3, -0.25) is 0 Å². The molecule has 37 heavy (non-hydrogen) atoms. The largest absolute Gasteiger partial charge is 0.791 e. The number of benzene rings is 1. The molecule has 0 saturated carbocycles. The number of aromatic nitrogens is 1. The Hall–Kier alpha value is -1.89. The molecule has 0 radical (unpaired) electrons. The molecule has 214 valence electrons. The number of nitrogens with zero attached hydrogens (tertiary/aromatic N) is 1. The predicted octanol–water partition coefficient (Wildman–Crippen LogP) is 6.95. The summed E-state index contributed by atoms with van der Waals surface area (Å²) in [6, 6.07) is 6.84. The second-order valence-electron chi connectivity index (χ2n) is 6.71. The summed E-state index contributed by atoms with van der Waals surface area (Å²) in [6.07, 6.45) is -19.4. The Kier molecular flexibility index (Phi) is 8.41. The van der Waals surface area contributed by atoms with Crippen LogP contribution in [0.2, 0.25) is 0 Å². The van der Waals surface area contributed by atoms with Crippen molar-refractivity contribution in [1.82, 2.24) is 0 Å². The van der Waals surface area contributed by atoms with Gasteiger partial charge in [0.05, 0.1) is 0 Å². The van der Waals surface area contributed by atoms with E-state index in [2.05, 4.69) is 0 Å². The maximum atomic E-state index is 12.7. The van der Waals surface area contributed by atoms with Gasteiger partial charge >= 0.3 is 46.7 Å². The van der Waals surface area contributed by atoms with Crippen molar-refractivity contribution in [3.63, 3.8) is 0 Å². The molecule has 22 heteroatoms. The first-order valence-electron chi connectivity index (χ1n) is 8.41. The van der Waals surface area contributed by atoms with Crippen LogP contribution in [-0.4, -0.2) is 35.5 Å². The number of halogens is 17. The molecule has 0 aliphatic heterocycles. The summed E-state index contributed by atoms with van der Waals surface area (Å²) in [7, 11) is -7.96. The van der Waals surface area contributed by atoms with Crippen LogP contribution in [0, 0.1) is 0 Å². The van der Waals surface area contributed by atoms with E-state index in [4.69, 9.17) is 0 Å². The van der Waals surface area contributed by atoms with Gasteiger partial charge in [-0.1, -0.05) is 23.5 Å². The summed E-state index contributed by atoms with van der Waals surface area (Å²) in [5.74, 6) is -15.7. The molecule has 0 saturated heterocycles. The van der Waals surface area contributed by atoms with E-state index in [9.17, 15) is 84.1 Å². The molecule has 0 bridgehead atoms. The van der Waals surface area contributed by atoms with Gasteiger partial charge in [-0.25, -0.2) is 0 Å². The lowest BCUT2D eigenvalue weighted by molar-refractivity contribution is -0.660. The first kappa shape index (κ1) is 33.1. The highest BCUT2D eigenvalue weighted by Crippen LogP contribution is 2.74. The molecule has 0 N–H and O–H groups in total. The first-order chi connectivity index (χ1) is 16.0. The van der Waals surface area contributed by atoms with Gasteiger partial charge in [0.25, 0.3) is 0 Å². The number of hydrogen-bond donors (Lipinski definition) is 0. The van der Waals surface area contributed by atoms with Crippen LogP contribution < -0.4 is 9.46 Å². The Bertz CT molecular complexity index is 1120. The van der Waals surface area contributed by atoms with Crippen LogP contribution in [-0.2, 0) is 17.8 Å². The van der Waals surface area contributed by atoms with E-state index >= 15 is 0 Å². The lowest BCUT2D eigenvalue weighted by atomic mass is 10.3. The topological polar surface area (TPSA) is 44.0 Å². The predicted molar refractivity (Wildman–Crippen MR) is 87.5 cm³/mol. The van der Waals surface area contributed by atoms with Crippen LogP contribution in [0.25, 0.3) is 10.2 Å². The van der Waals surface area contributed by atoms with Crippen molar-refractivity contribution in [3.8, 4) is 0 Å². The van der Waals surface area contributed by atoms with E-state index in [0.717, 1.165) is 11.3 Å². The highest BCUT2D eigenvalue weighted by molar-refractivity contribution is 7.59.